The van der Waals surface area contributed by atoms with Crippen molar-refractivity contribution in [3.8, 4) is 23.0 Å². The van der Waals surface area contributed by atoms with Gasteiger partial charge in [0.25, 0.3) is 0 Å². The first-order valence-electron chi connectivity index (χ1n) is 10.8. The summed E-state index contributed by atoms with van der Waals surface area (Å²) in [5.74, 6) is 1.54. The fourth-order valence-corrected chi connectivity index (χ4v) is 3.85. The number of ether oxygens (including phenoxy) is 2. The van der Waals surface area contributed by atoms with Crippen LogP contribution in [0, 0.1) is 0 Å². The normalized spacial score (nSPS) is 10.6. The second kappa shape index (κ2) is 13.1. The molecule has 2 aromatic carbocycles. The van der Waals surface area contributed by atoms with Crippen molar-refractivity contribution in [2.75, 3.05) is 13.2 Å². The van der Waals surface area contributed by atoms with Crippen molar-refractivity contribution in [3.05, 3.63) is 66.7 Å². The summed E-state index contributed by atoms with van der Waals surface area (Å²) in [5.41, 5.74) is 5.41. The van der Waals surface area contributed by atoms with Crippen LogP contribution in [0.4, 0.5) is 0 Å². The van der Waals surface area contributed by atoms with Crippen molar-refractivity contribution in [2.45, 2.75) is 27.3 Å². The quantitative estimate of drug-likeness (QED) is 0.252. The number of imidazole rings is 2. The molecule has 181 valence electrons. The number of halogens is 2. The molecule has 0 N–H and O–H groups in total. The van der Waals surface area contributed by atoms with E-state index in [1.165, 1.54) is 0 Å². The van der Waals surface area contributed by atoms with Crippen LogP contribution in [-0.2, 0) is 41.5 Å². The molecule has 3 heterocycles. The predicted octanol–water partition coefficient (Wildman–Crippen LogP) is -0.891. The van der Waals surface area contributed by atoms with E-state index in [-0.39, 0.29) is 43.4 Å². The van der Waals surface area contributed by atoms with Gasteiger partial charge in [-0.3, -0.25) is 9.13 Å². The number of pyridine rings is 1. The maximum absolute atomic E-state index is 5.73. The minimum Gasteiger partial charge on any atom is -1.00 e. The third kappa shape index (κ3) is 5.72. The fourth-order valence-electron chi connectivity index (χ4n) is 3.85. The van der Waals surface area contributed by atoms with E-state index in [0.717, 1.165) is 45.1 Å². The molecule has 0 unspecified atom stereocenters. The van der Waals surface area contributed by atoms with Gasteiger partial charge in [-0.2, -0.15) is 0 Å². The van der Waals surface area contributed by atoms with Gasteiger partial charge in [-0.05, 0) is 50.2 Å². The van der Waals surface area contributed by atoms with Crippen LogP contribution in [0.1, 0.15) is 13.8 Å². The molecular weight excluding hydrogens is 524 g/mol. The van der Waals surface area contributed by atoms with Crippen molar-refractivity contribution in [3.63, 3.8) is 0 Å². The van der Waals surface area contributed by atoms with Crippen LogP contribution in [0.25, 0.3) is 45.1 Å². The first kappa shape index (κ1) is 28.8. The predicted molar refractivity (Wildman–Crippen MR) is 125 cm³/mol. The third-order valence-electron chi connectivity index (χ3n) is 5.37. The maximum Gasteiger partial charge on any atom is 2.00 e. The molecule has 0 aliphatic carbocycles. The van der Waals surface area contributed by atoms with Gasteiger partial charge in [0.05, 0.1) is 22.1 Å². The molecule has 0 aliphatic rings. The fraction of sp³-hybridized carbons (Fsp3) is 0.240. The van der Waals surface area contributed by atoms with E-state index >= 15 is 0 Å². The number of para-hydroxylation sites is 4. The van der Waals surface area contributed by atoms with E-state index in [9.17, 15) is 0 Å². The topological polar surface area (TPSA) is 67.0 Å². The molecule has 3 aromatic heterocycles. The molecule has 7 nitrogen and oxygen atoms in total. The summed E-state index contributed by atoms with van der Waals surface area (Å²) >= 11 is 0. The molecular formula is C25H25Cl2N5O2V. The van der Waals surface area contributed by atoms with E-state index in [4.69, 9.17) is 24.4 Å². The Morgan fingerprint density at radius 1 is 0.600 bits per heavy atom. The number of nitrogens with zero attached hydrogens (tertiary/aromatic N) is 5. The summed E-state index contributed by atoms with van der Waals surface area (Å²) in [4.78, 5) is 14.7. The molecule has 0 aliphatic heterocycles. The molecule has 10 heteroatoms. The number of aromatic nitrogens is 5. The van der Waals surface area contributed by atoms with Crippen molar-refractivity contribution in [2.24, 2.45) is 0 Å². The number of fused-ring (bicyclic) bond motifs is 2. The Kier molecular flexibility index (Phi) is 10.8. The van der Waals surface area contributed by atoms with Gasteiger partial charge < -0.3 is 34.3 Å². The average molecular weight is 549 g/mol. The number of hydrogen-bond acceptors (Lipinski definition) is 5. The van der Waals surface area contributed by atoms with E-state index in [0.29, 0.717) is 26.7 Å². The smallest absolute Gasteiger partial charge is 1.00 e. The second-order valence-electron chi connectivity index (χ2n) is 7.36. The summed E-state index contributed by atoms with van der Waals surface area (Å²) in [7, 11) is 0. The van der Waals surface area contributed by atoms with Crippen molar-refractivity contribution in [1.82, 2.24) is 24.1 Å². The molecule has 0 fully saturated rings. The monoisotopic (exact) mass is 548 g/mol. The van der Waals surface area contributed by atoms with Crippen LogP contribution < -0.4 is 24.8 Å². The standard InChI is InChI=1S/C25H25N5O2.2ClH.V/c1-3-31-16-29-22-14-7-5-10-18(22)27-24(29)20-12-9-13-21(26-20)25-28-19-11-6-8-15-23(19)30(25)17-32-4-2;;;/h5-15H,3-4,16-17H2,1-2H3;2*1H;/q;;;+2/p-2. The Hall–Kier alpha value is -2.39. The Labute approximate surface area is 228 Å². The minimum absolute atomic E-state index is 0. The van der Waals surface area contributed by atoms with Gasteiger partial charge in [-0.1, -0.05) is 30.3 Å². The van der Waals surface area contributed by atoms with E-state index < -0.39 is 0 Å². The largest absolute Gasteiger partial charge is 2.00 e. The Morgan fingerprint density at radius 2 is 1.03 bits per heavy atom. The molecule has 0 spiro atoms. The van der Waals surface area contributed by atoms with Gasteiger partial charge in [0.2, 0.25) is 0 Å². The molecule has 35 heavy (non-hydrogen) atoms. The van der Waals surface area contributed by atoms with E-state index in [2.05, 4.69) is 21.3 Å². The van der Waals surface area contributed by atoms with E-state index in [1.54, 1.807) is 0 Å². The van der Waals surface area contributed by atoms with Gasteiger partial charge in [-0.25, -0.2) is 15.0 Å². The summed E-state index contributed by atoms with van der Waals surface area (Å²) in [6.45, 7) is 6.06. The van der Waals surface area contributed by atoms with Gasteiger partial charge in [0.15, 0.2) is 11.6 Å². The van der Waals surface area contributed by atoms with Crippen LogP contribution in [0.3, 0.4) is 0 Å². The van der Waals surface area contributed by atoms with Gasteiger partial charge >= 0.3 is 18.6 Å². The van der Waals surface area contributed by atoms with Crippen molar-refractivity contribution in [1.29, 1.82) is 0 Å². The Balaban J connectivity index is 0.00000144. The zero-order chi connectivity index (χ0) is 21.9. The second-order valence-corrected chi connectivity index (χ2v) is 7.36. The summed E-state index contributed by atoms with van der Waals surface area (Å²) < 4.78 is 15.6. The Bertz CT molecular complexity index is 1290. The number of rotatable bonds is 8. The molecule has 5 aromatic rings. The molecule has 1 radical (unpaired) electrons. The molecule has 0 atom stereocenters. The number of benzene rings is 2. The zero-order valence-corrected chi connectivity index (χ0v) is 22.3. The maximum atomic E-state index is 5.73. The molecule has 0 saturated heterocycles. The minimum atomic E-state index is 0. The molecule has 0 bridgehead atoms. The van der Waals surface area contributed by atoms with Crippen molar-refractivity contribution >= 4 is 22.1 Å². The molecule has 0 amide bonds. The van der Waals surface area contributed by atoms with Gasteiger partial charge in [0.1, 0.15) is 24.8 Å². The van der Waals surface area contributed by atoms with Gasteiger partial charge in [0, 0.05) is 13.2 Å². The zero-order valence-electron chi connectivity index (χ0n) is 19.4. The number of hydrogen-bond donors (Lipinski definition) is 0. The van der Waals surface area contributed by atoms with E-state index in [1.807, 2.05) is 68.4 Å². The first-order valence-corrected chi connectivity index (χ1v) is 10.8. The first-order chi connectivity index (χ1) is 15.8. The summed E-state index contributed by atoms with van der Waals surface area (Å²) in [6.07, 6.45) is 0. The van der Waals surface area contributed by atoms with Crippen LogP contribution >= 0.6 is 0 Å². The van der Waals surface area contributed by atoms with Crippen molar-refractivity contribution < 1.29 is 52.8 Å². The molecule has 0 saturated carbocycles. The Morgan fingerprint density at radius 3 is 1.46 bits per heavy atom. The summed E-state index contributed by atoms with van der Waals surface area (Å²) in [6, 6.07) is 22.1. The third-order valence-corrected chi connectivity index (χ3v) is 5.37. The SMILES string of the molecule is CCOCn1c(-c2cccc(-c3nc4ccccc4n3COCC)n2)nc2ccccc21.[Cl-].[Cl-].[V+2]. The van der Waals surface area contributed by atoms with Crippen LogP contribution in [-0.4, -0.2) is 37.3 Å². The summed E-state index contributed by atoms with van der Waals surface area (Å²) in [5, 5.41) is 0. The van der Waals surface area contributed by atoms with Crippen LogP contribution in [0.2, 0.25) is 0 Å². The van der Waals surface area contributed by atoms with Gasteiger partial charge in [-0.15, -0.1) is 0 Å². The molecule has 5 rings (SSSR count). The average Bonchev–Trinajstić information content (AvgIpc) is 3.40. The van der Waals surface area contributed by atoms with Crippen LogP contribution in [0.5, 0.6) is 0 Å². The van der Waals surface area contributed by atoms with Crippen LogP contribution in [0.15, 0.2) is 66.7 Å².